The Morgan fingerprint density at radius 3 is 2.57 bits per heavy atom. The highest BCUT2D eigenvalue weighted by molar-refractivity contribution is 6.30. The molecular weight excluding hydrogens is 335 g/mol. The molecule has 0 unspecified atom stereocenters. The molecule has 0 saturated heterocycles. The smallest absolute Gasteiger partial charge is 0.321 e. The minimum Gasteiger partial charge on any atom is -0.423 e. The van der Waals surface area contributed by atoms with Crippen LogP contribution in [0.25, 0.3) is 11.3 Å². The molecule has 0 amide bonds. The van der Waals surface area contributed by atoms with Gasteiger partial charge in [0, 0.05) is 6.07 Å². The average Bonchev–Trinajstić information content (AvgIpc) is 2.99. The molecular formula is C14H7ClF3N3O2. The normalized spacial score (nSPS) is 11.0. The molecule has 1 aromatic carbocycles. The fourth-order valence-electron chi connectivity index (χ4n) is 1.80. The Bertz CT molecular complexity index is 824. The minimum absolute atomic E-state index is 0.00133. The Hall–Kier alpha value is -2.61. The Kier molecular flexibility index (Phi) is 4.16. The summed E-state index contributed by atoms with van der Waals surface area (Å²) in [6, 6.07) is 4.81. The van der Waals surface area contributed by atoms with E-state index in [9.17, 15) is 13.2 Å². The highest BCUT2D eigenvalue weighted by atomic mass is 35.5. The van der Waals surface area contributed by atoms with Crippen LogP contribution >= 0.6 is 11.6 Å². The molecule has 0 radical (unpaired) electrons. The summed E-state index contributed by atoms with van der Waals surface area (Å²) in [5.41, 5.74) is -0.260. The summed E-state index contributed by atoms with van der Waals surface area (Å²) in [7, 11) is 0. The average molecular weight is 342 g/mol. The van der Waals surface area contributed by atoms with E-state index in [0.717, 1.165) is 12.1 Å². The lowest BCUT2D eigenvalue weighted by Crippen LogP contribution is -1.95. The molecule has 23 heavy (non-hydrogen) atoms. The number of benzene rings is 1. The zero-order valence-electron chi connectivity index (χ0n) is 11.2. The van der Waals surface area contributed by atoms with E-state index in [0.29, 0.717) is 5.02 Å². The van der Waals surface area contributed by atoms with Crippen molar-refractivity contribution in [3.8, 4) is 23.0 Å². The van der Waals surface area contributed by atoms with Gasteiger partial charge in [0.25, 0.3) is 6.43 Å². The lowest BCUT2D eigenvalue weighted by atomic mass is 10.1. The number of aromatic nitrogens is 3. The summed E-state index contributed by atoms with van der Waals surface area (Å²) in [4.78, 5) is 7.64. The van der Waals surface area contributed by atoms with Crippen molar-refractivity contribution in [2.45, 2.75) is 6.43 Å². The highest BCUT2D eigenvalue weighted by Crippen LogP contribution is 2.35. The summed E-state index contributed by atoms with van der Waals surface area (Å²) < 4.78 is 49.1. The second-order valence-electron chi connectivity index (χ2n) is 4.31. The molecule has 0 spiro atoms. The van der Waals surface area contributed by atoms with E-state index in [2.05, 4.69) is 19.6 Å². The van der Waals surface area contributed by atoms with Gasteiger partial charge in [0.1, 0.15) is 17.3 Å². The molecule has 9 heteroatoms. The Morgan fingerprint density at radius 1 is 1.17 bits per heavy atom. The molecule has 2 aromatic heterocycles. The zero-order chi connectivity index (χ0) is 16.4. The van der Waals surface area contributed by atoms with Gasteiger partial charge < -0.3 is 9.26 Å². The first-order valence-electron chi connectivity index (χ1n) is 6.23. The maximum Gasteiger partial charge on any atom is 0.321 e. The van der Waals surface area contributed by atoms with Crippen LogP contribution in [0.15, 0.2) is 41.2 Å². The molecule has 2 heterocycles. The zero-order valence-corrected chi connectivity index (χ0v) is 12.0. The van der Waals surface area contributed by atoms with Gasteiger partial charge in [-0.1, -0.05) is 22.8 Å². The second kappa shape index (κ2) is 6.25. The fourth-order valence-corrected chi connectivity index (χ4v) is 1.90. The van der Waals surface area contributed by atoms with Crippen LogP contribution in [0, 0.1) is 5.82 Å². The molecule has 0 aliphatic carbocycles. The van der Waals surface area contributed by atoms with Crippen LogP contribution < -0.4 is 4.74 Å². The van der Waals surface area contributed by atoms with Gasteiger partial charge in [-0.2, -0.15) is 0 Å². The summed E-state index contributed by atoms with van der Waals surface area (Å²) in [5, 5.41) is 3.75. The molecule has 3 rings (SSSR count). The molecule has 3 aromatic rings. The molecule has 118 valence electrons. The monoisotopic (exact) mass is 341 g/mol. The number of nitrogens with zero attached hydrogens (tertiary/aromatic N) is 3. The molecule has 0 atom stereocenters. The van der Waals surface area contributed by atoms with Gasteiger partial charge in [0.2, 0.25) is 5.76 Å². The van der Waals surface area contributed by atoms with Crippen LogP contribution in [0.5, 0.6) is 11.8 Å². The van der Waals surface area contributed by atoms with Crippen LogP contribution in [-0.2, 0) is 0 Å². The third-order valence-corrected chi connectivity index (χ3v) is 2.97. The van der Waals surface area contributed by atoms with Crippen molar-refractivity contribution >= 4 is 11.6 Å². The predicted molar refractivity (Wildman–Crippen MR) is 74.0 cm³/mol. The van der Waals surface area contributed by atoms with E-state index in [-0.39, 0.29) is 23.0 Å². The van der Waals surface area contributed by atoms with Crippen molar-refractivity contribution in [3.05, 3.63) is 53.3 Å². The van der Waals surface area contributed by atoms with Crippen molar-refractivity contribution in [2.75, 3.05) is 0 Å². The Labute approximate surface area is 132 Å². The van der Waals surface area contributed by atoms with E-state index in [1.54, 1.807) is 0 Å². The maximum absolute atomic E-state index is 14.1. The molecule has 0 fully saturated rings. The standard InChI is InChI=1S/C14H7ClF3N3O2/c15-7-5-19-14(20-6-7)22-10-3-1-2-8(16)12(10)9-4-11(13(17)18)23-21-9/h1-6,13H. The molecule has 0 N–H and O–H groups in total. The first kappa shape index (κ1) is 15.3. The van der Waals surface area contributed by atoms with Crippen molar-refractivity contribution in [1.29, 1.82) is 0 Å². The molecule has 5 nitrogen and oxygen atoms in total. The minimum atomic E-state index is -2.85. The topological polar surface area (TPSA) is 61.0 Å². The van der Waals surface area contributed by atoms with Crippen molar-refractivity contribution in [3.63, 3.8) is 0 Å². The van der Waals surface area contributed by atoms with E-state index in [1.165, 1.54) is 24.5 Å². The summed E-state index contributed by atoms with van der Waals surface area (Å²) >= 11 is 5.67. The summed E-state index contributed by atoms with van der Waals surface area (Å²) in [6.45, 7) is 0. The fraction of sp³-hybridized carbons (Fsp3) is 0.0714. The van der Waals surface area contributed by atoms with Crippen LogP contribution in [0.2, 0.25) is 5.02 Å². The van der Waals surface area contributed by atoms with Crippen molar-refractivity contribution in [1.82, 2.24) is 15.1 Å². The first-order valence-corrected chi connectivity index (χ1v) is 6.61. The number of ether oxygens (including phenoxy) is 1. The number of hydrogen-bond donors (Lipinski definition) is 0. The number of alkyl halides is 2. The number of hydrogen-bond acceptors (Lipinski definition) is 5. The van der Waals surface area contributed by atoms with Crippen molar-refractivity contribution < 1.29 is 22.4 Å². The second-order valence-corrected chi connectivity index (χ2v) is 4.75. The summed E-state index contributed by atoms with van der Waals surface area (Å²) in [5.74, 6) is -1.39. The quantitative estimate of drug-likeness (QED) is 0.691. The lowest BCUT2D eigenvalue weighted by molar-refractivity contribution is 0.112. The third kappa shape index (κ3) is 3.26. The van der Waals surface area contributed by atoms with Gasteiger partial charge in [-0.15, -0.1) is 0 Å². The lowest BCUT2D eigenvalue weighted by Gasteiger charge is -2.08. The van der Waals surface area contributed by atoms with Gasteiger partial charge in [0.15, 0.2) is 0 Å². The van der Waals surface area contributed by atoms with E-state index in [4.69, 9.17) is 16.3 Å². The van der Waals surface area contributed by atoms with Crippen LogP contribution in [0.1, 0.15) is 12.2 Å². The third-order valence-electron chi connectivity index (χ3n) is 2.77. The van der Waals surface area contributed by atoms with Gasteiger partial charge in [-0.3, -0.25) is 0 Å². The number of halogens is 4. The van der Waals surface area contributed by atoms with Crippen LogP contribution in [0.3, 0.4) is 0 Å². The highest BCUT2D eigenvalue weighted by Gasteiger charge is 2.21. The van der Waals surface area contributed by atoms with Crippen molar-refractivity contribution in [2.24, 2.45) is 0 Å². The predicted octanol–water partition coefficient (Wildman–Crippen LogP) is 4.65. The van der Waals surface area contributed by atoms with Crippen LogP contribution in [0.4, 0.5) is 13.2 Å². The molecule has 0 bridgehead atoms. The first-order chi connectivity index (χ1) is 11.0. The summed E-state index contributed by atoms with van der Waals surface area (Å²) in [6.07, 6.45) is -0.256. The number of rotatable bonds is 4. The molecule has 0 aliphatic heterocycles. The largest absolute Gasteiger partial charge is 0.423 e. The molecule has 0 aliphatic rings. The van der Waals surface area contributed by atoms with Gasteiger partial charge in [0.05, 0.1) is 23.0 Å². The van der Waals surface area contributed by atoms with Gasteiger partial charge >= 0.3 is 6.01 Å². The van der Waals surface area contributed by atoms with E-state index >= 15 is 0 Å². The Morgan fingerprint density at radius 2 is 1.91 bits per heavy atom. The van der Waals surface area contributed by atoms with Gasteiger partial charge in [-0.25, -0.2) is 23.1 Å². The SMILES string of the molecule is Fc1cccc(Oc2ncc(Cl)cn2)c1-c1cc(C(F)F)on1. The van der Waals surface area contributed by atoms with Crippen LogP contribution in [-0.4, -0.2) is 15.1 Å². The molecule has 0 saturated carbocycles. The Balaban J connectivity index is 2.00. The van der Waals surface area contributed by atoms with Gasteiger partial charge in [-0.05, 0) is 12.1 Å². The van der Waals surface area contributed by atoms with E-state index in [1.807, 2.05) is 0 Å². The van der Waals surface area contributed by atoms with E-state index < -0.39 is 18.0 Å². The maximum atomic E-state index is 14.1.